The van der Waals surface area contributed by atoms with Crippen LogP contribution in [0.1, 0.15) is 16.9 Å². The topological polar surface area (TPSA) is 60.7 Å². The summed E-state index contributed by atoms with van der Waals surface area (Å²) in [6, 6.07) is 9.92. The molecule has 0 unspecified atom stereocenters. The summed E-state index contributed by atoms with van der Waals surface area (Å²) in [5, 5.41) is 1.95. The van der Waals surface area contributed by atoms with Crippen molar-refractivity contribution in [1.29, 1.82) is 0 Å². The van der Waals surface area contributed by atoms with Crippen LogP contribution in [0.2, 0.25) is 0 Å². The standard InChI is InChI=1S/C19H18N2O3S2/c1-13-5-7-15-16(12-13)26-19(21(15)10-9-18(23)24-2)20-17(22)8-6-14-4-3-11-25-14/h3-8,11-12H,9-10H2,1-2H3/b8-6+,20-19?. The van der Waals surface area contributed by atoms with Gasteiger partial charge >= 0.3 is 5.97 Å². The monoisotopic (exact) mass is 386 g/mol. The molecule has 7 heteroatoms. The lowest BCUT2D eigenvalue weighted by Crippen LogP contribution is -2.18. The maximum atomic E-state index is 12.3. The van der Waals surface area contributed by atoms with E-state index in [4.69, 9.17) is 4.74 Å². The van der Waals surface area contributed by atoms with Crippen LogP contribution in [-0.4, -0.2) is 23.6 Å². The van der Waals surface area contributed by atoms with Gasteiger partial charge in [0.15, 0.2) is 4.80 Å². The number of aromatic nitrogens is 1. The maximum absolute atomic E-state index is 12.3. The number of rotatable bonds is 5. The van der Waals surface area contributed by atoms with E-state index in [1.165, 1.54) is 24.5 Å². The van der Waals surface area contributed by atoms with Crippen molar-refractivity contribution in [1.82, 2.24) is 4.57 Å². The molecule has 0 fully saturated rings. The molecule has 1 aromatic carbocycles. The Morgan fingerprint density at radius 2 is 2.15 bits per heavy atom. The summed E-state index contributed by atoms with van der Waals surface area (Å²) in [7, 11) is 1.37. The van der Waals surface area contributed by atoms with Gasteiger partial charge in [-0.3, -0.25) is 9.59 Å². The molecule has 0 atom stereocenters. The van der Waals surface area contributed by atoms with Gasteiger partial charge in [0.05, 0.1) is 23.7 Å². The second-order valence-corrected chi connectivity index (χ2v) is 7.62. The number of fused-ring (bicyclic) bond motifs is 1. The number of aryl methyl sites for hydroxylation is 2. The predicted molar refractivity (Wildman–Crippen MR) is 105 cm³/mol. The molecule has 1 amide bonds. The normalized spacial score (nSPS) is 12.2. The molecule has 0 saturated heterocycles. The van der Waals surface area contributed by atoms with E-state index >= 15 is 0 Å². The van der Waals surface area contributed by atoms with Gasteiger partial charge in [0.2, 0.25) is 0 Å². The summed E-state index contributed by atoms with van der Waals surface area (Å²) in [5.74, 6) is -0.618. The van der Waals surface area contributed by atoms with Crippen molar-refractivity contribution in [3.05, 3.63) is 57.0 Å². The summed E-state index contributed by atoms with van der Waals surface area (Å²) in [4.78, 5) is 29.6. The highest BCUT2D eigenvalue weighted by atomic mass is 32.1. The van der Waals surface area contributed by atoms with Gasteiger partial charge in [-0.25, -0.2) is 0 Å². The van der Waals surface area contributed by atoms with Crippen molar-refractivity contribution in [3.8, 4) is 0 Å². The first kappa shape index (κ1) is 18.3. The molecule has 0 aliphatic heterocycles. The molecular weight excluding hydrogens is 368 g/mol. The predicted octanol–water partition coefficient (Wildman–Crippen LogP) is 3.78. The Bertz CT molecular complexity index is 1030. The lowest BCUT2D eigenvalue weighted by molar-refractivity contribution is -0.140. The van der Waals surface area contributed by atoms with E-state index in [0.717, 1.165) is 20.7 Å². The lowest BCUT2D eigenvalue weighted by Gasteiger charge is -2.04. The molecule has 0 N–H and O–H groups in total. The number of hydrogen-bond donors (Lipinski definition) is 0. The van der Waals surface area contributed by atoms with E-state index in [1.54, 1.807) is 17.4 Å². The highest BCUT2D eigenvalue weighted by molar-refractivity contribution is 7.16. The molecule has 2 heterocycles. The highest BCUT2D eigenvalue weighted by Gasteiger charge is 2.10. The Morgan fingerprint density at radius 3 is 2.88 bits per heavy atom. The Morgan fingerprint density at radius 1 is 1.31 bits per heavy atom. The van der Waals surface area contributed by atoms with E-state index in [1.807, 2.05) is 41.1 Å². The Labute approximate surface area is 158 Å². The number of carbonyl (C=O) groups excluding carboxylic acids is 2. The van der Waals surface area contributed by atoms with Gasteiger partial charge in [0.25, 0.3) is 5.91 Å². The number of thiophene rings is 1. The summed E-state index contributed by atoms with van der Waals surface area (Å²) >= 11 is 3.00. The molecule has 2 aromatic heterocycles. The molecule has 3 aromatic rings. The molecule has 0 aliphatic carbocycles. The van der Waals surface area contributed by atoms with Crippen molar-refractivity contribution in [3.63, 3.8) is 0 Å². The third-order valence-electron chi connectivity index (χ3n) is 3.74. The van der Waals surface area contributed by atoms with Crippen LogP contribution in [0, 0.1) is 6.92 Å². The Hall–Kier alpha value is -2.51. The van der Waals surface area contributed by atoms with Gasteiger partial charge < -0.3 is 9.30 Å². The van der Waals surface area contributed by atoms with Crippen molar-refractivity contribution in [2.24, 2.45) is 4.99 Å². The first-order valence-electron chi connectivity index (χ1n) is 8.04. The summed E-state index contributed by atoms with van der Waals surface area (Å²) in [6.07, 6.45) is 3.45. The Kier molecular flexibility index (Phi) is 5.80. The van der Waals surface area contributed by atoms with E-state index in [0.29, 0.717) is 11.3 Å². The smallest absolute Gasteiger partial charge is 0.307 e. The number of methoxy groups -OCH3 is 1. The van der Waals surface area contributed by atoms with E-state index in [9.17, 15) is 9.59 Å². The summed E-state index contributed by atoms with van der Waals surface area (Å²) < 4.78 is 7.65. The second kappa shape index (κ2) is 8.25. The van der Waals surface area contributed by atoms with Gasteiger partial charge in [-0.15, -0.1) is 11.3 Å². The third kappa shape index (κ3) is 4.36. The second-order valence-electron chi connectivity index (χ2n) is 5.63. The summed E-state index contributed by atoms with van der Waals surface area (Å²) in [5.41, 5.74) is 2.09. The minimum absolute atomic E-state index is 0.225. The molecule has 134 valence electrons. The first-order chi connectivity index (χ1) is 12.6. The molecule has 0 saturated carbocycles. The van der Waals surface area contributed by atoms with Gasteiger partial charge in [0.1, 0.15) is 0 Å². The number of esters is 1. The van der Waals surface area contributed by atoms with Crippen LogP contribution < -0.4 is 4.80 Å². The van der Waals surface area contributed by atoms with Gasteiger partial charge in [0, 0.05) is 17.5 Å². The van der Waals surface area contributed by atoms with Crippen LogP contribution in [0.25, 0.3) is 16.3 Å². The van der Waals surface area contributed by atoms with E-state index < -0.39 is 0 Å². The van der Waals surface area contributed by atoms with Crippen LogP contribution in [0.15, 0.2) is 46.8 Å². The van der Waals surface area contributed by atoms with Gasteiger partial charge in [-0.1, -0.05) is 23.5 Å². The zero-order valence-corrected chi connectivity index (χ0v) is 16.1. The number of hydrogen-bond acceptors (Lipinski definition) is 5. The molecule has 0 aliphatic rings. The fraction of sp³-hybridized carbons (Fsp3) is 0.211. The molecule has 26 heavy (non-hydrogen) atoms. The average Bonchev–Trinajstić information content (AvgIpc) is 3.25. The fourth-order valence-electron chi connectivity index (χ4n) is 2.46. The summed E-state index contributed by atoms with van der Waals surface area (Å²) in [6.45, 7) is 2.43. The van der Waals surface area contributed by atoms with Crippen molar-refractivity contribution in [2.75, 3.05) is 7.11 Å². The minimum atomic E-state index is -0.325. The van der Waals surface area contributed by atoms with Crippen molar-refractivity contribution < 1.29 is 14.3 Å². The highest BCUT2D eigenvalue weighted by Crippen LogP contribution is 2.19. The van der Waals surface area contributed by atoms with Crippen molar-refractivity contribution in [2.45, 2.75) is 19.9 Å². The van der Waals surface area contributed by atoms with Gasteiger partial charge in [-0.2, -0.15) is 4.99 Å². The van der Waals surface area contributed by atoms with Crippen LogP contribution >= 0.6 is 22.7 Å². The number of amides is 1. The van der Waals surface area contributed by atoms with Crippen LogP contribution in [-0.2, 0) is 20.9 Å². The van der Waals surface area contributed by atoms with Crippen molar-refractivity contribution >= 4 is 50.8 Å². The molecular formula is C19H18N2O3S2. The first-order valence-corrected chi connectivity index (χ1v) is 9.73. The molecule has 0 spiro atoms. The quantitative estimate of drug-likeness (QED) is 0.495. The zero-order valence-electron chi connectivity index (χ0n) is 14.5. The molecule has 0 radical (unpaired) electrons. The van der Waals surface area contributed by atoms with Crippen LogP contribution in [0.4, 0.5) is 0 Å². The number of nitrogens with zero attached hydrogens (tertiary/aromatic N) is 2. The van der Waals surface area contributed by atoms with Crippen LogP contribution in [0.5, 0.6) is 0 Å². The fourth-order valence-corrected chi connectivity index (χ4v) is 4.24. The molecule has 0 bridgehead atoms. The average molecular weight is 386 g/mol. The third-order valence-corrected chi connectivity index (χ3v) is 5.62. The molecule has 3 rings (SSSR count). The minimum Gasteiger partial charge on any atom is -0.469 e. The zero-order chi connectivity index (χ0) is 18.5. The maximum Gasteiger partial charge on any atom is 0.307 e. The SMILES string of the molecule is COC(=O)CCn1c(=NC(=O)/C=C/c2cccs2)sc2cc(C)ccc21. The van der Waals surface area contributed by atoms with Crippen LogP contribution in [0.3, 0.4) is 0 Å². The number of benzene rings is 1. The molecule has 5 nitrogen and oxygen atoms in total. The number of ether oxygens (including phenoxy) is 1. The largest absolute Gasteiger partial charge is 0.469 e. The van der Waals surface area contributed by atoms with Gasteiger partial charge in [-0.05, 0) is 42.1 Å². The number of thiazole rings is 1. The van der Waals surface area contributed by atoms with E-state index in [-0.39, 0.29) is 18.3 Å². The lowest BCUT2D eigenvalue weighted by atomic mass is 10.2. The number of carbonyl (C=O) groups is 2. The Balaban J connectivity index is 1.97. The van der Waals surface area contributed by atoms with E-state index in [2.05, 4.69) is 11.1 Å².